The van der Waals surface area contributed by atoms with Crippen LogP contribution in [0.4, 0.5) is 10.1 Å². The highest BCUT2D eigenvalue weighted by Gasteiger charge is 2.01. The van der Waals surface area contributed by atoms with Crippen molar-refractivity contribution in [1.29, 1.82) is 0 Å². The average molecular weight is 285 g/mol. The number of hydrazone groups is 1. The topological polar surface area (TPSA) is 53.5 Å². The fourth-order valence-electron chi connectivity index (χ4n) is 1.74. The minimum absolute atomic E-state index is 0.0967. The second-order valence-corrected chi connectivity index (χ2v) is 4.48. The van der Waals surface area contributed by atoms with Crippen molar-refractivity contribution in [3.8, 4) is 0 Å². The van der Waals surface area contributed by atoms with Crippen LogP contribution in [0.5, 0.6) is 0 Å². The number of hydrogen-bond acceptors (Lipinski definition) is 3. The lowest BCUT2D eigenvalue weighted by atomic mass is 10.2. The van der Waals surface area contributed by atoms with Gasteiger partial charge in [-0.25, -0.2) is 9.82 Å². The molecule has 0 atom stereocenters. The number of rotatable bonds is 5. The zero-order valence-corrected chi connectivity index (χ0v) is 11.6. The van der Waals surface area contributed by atoms with E-state index < -0.39 is 0 Å². The number of aryl methyl sites for hydroxylation is 1. The van der Waals surface area contributed by atoms with Crippen molar-refractivity contribution in [3.05, 3.63) is 65.5 Å². The third-order valence-electron chi connectivity index (χ3n) is 2.88. The molecule has 2 aromatic carbocycles. The first-order valence-corrected chi connectivity index (χ1v) is 6.53. The lowest BCUT2D eigenvalue weighted by Gasteiger charge is -2.07. The number of halogens is 1. The Hall–Kier alpha value is -2.69. The van der Waals surface area contributed by atoms with Crippen molar-refractivity contribution in [2.24, 2.45) is 5.10 Å². The second-order valence-electron chi connectivity index (χ2n) is 4.48. The number of carbonyl (C=O) groups is 1. The third kappa shape index (κ3) is 4.42. The monoisotopic (exact) mass is 285 g/mol. The highest BCUT2D eigenvalue weighted by Crippen LogP contribution is 2.12. The number of para-hydroxylation sites is 1. The molecule has 0 radical (unpaired) electrons. The predicted octanol–water partition coefficient (Wildman–Crippen LogP) is 2.70. The van der Waals surface area contributed by atoms with Crippen molar-refractivity contribution < 1.29 is 9.18 Å². The predicted molar refractivity (Wildman–Crippen MR) is 81.8 cm³/mol. The van der Waals surface area contributed by atoms with Crippen LogP contribution in [0.3, 0.4) is 0 Å². The molecule has 0 spiro atoms. The largest absolute Gasteiger partial charge is 0.376 e. The van der Waals surface area contributed by atoms with E-state index in [-0.39, 0.29) is 18.3 Å². The van der Waals surface area contributed by atoms with E-state index in [1.54, 1.807) is 18.2 Å². The van der Waals surface area contributed by atoms with Gasteiger partial charge in [-0.3, -0.25) is 4.79 Å². The van der Waals surface area contributed by atoms with Crippen molar-refractivity contribution in [2.45, 2.75) is 6.92 Å². The van der Waals surface area contributed by atoms with Crippen LogP contribution in [0.2, 0.25) is 0 Å². The summed E-state index contributed by atoms with van der Waals surface area (Å²) in [6.45, 7) is 2.05. The van der Waals surface area contributed by atoms with Gasteiger partial charge in [-0.05, 0) is 24.6 Å². The van der Waals surface area contributed by atoms with E-state index >= 15 is 0 Å². The quantitative estimate of drug-likeness (QED) is 0.655. The van der Waals surface area contributed by atoms with Gasteiger partial charge in [0.15, 0.2) is 0 Å². The third-order valence-corrected chi connectivity index (χ3v) is 2.88. The Morgan fingerprint density at radius 3 is 2.67 bits per heavy atom. The van der Waals surface area contributed by atoms with Crippen LogP contribution in [0.15, 0.2) is 53.6 Å². The standard InChI is InChI=1S/C16H16FN3O/c1-12-6-2-5-9-15(12)18-11-16(21)20-19-10-13-7-3-4-8-14(13)17/h2-10,18H,11H2,1H3,(H,20,21). The first-order valence-electron chi connectivity index (χ1n) is 6.53. The van der Waals surface area contributed by atoms with Gasteiger partial charge in [0, 0.05) is 11.3 Å². The van der Waals surface area contributed by atoms with E-state index in [4.69, 9.17) is 0 Å². The molecule has 5 heteroatoms. The van der Waals surface area contributed by atoms with Gasteiger partial charge in [0.2, 0.25) is 0 Å². The van der Waals surface area contributed by atoms with Gasteiger partial charge in [-0.2, -0.15) is 5.10 Å². The Kier molecular flexibility index (Phi) is 5.04. The summed E-state index contributed by atoms with van der Waals surface area (Å²) < 4.78 is 13.3. The molecule has 0 saturated carbocycles. The molecule has 0 fully saturated rings. The lowest BCUT2D eigenvalue weighted by molar-refractivity contribution is -0.119. The molecule has 0 heterocycles. The maximum atomic E-state index is 13.3. The van der Waals surface area contributed by atoms with Crippen molar-refractivity contribution >= 4 is 17.8 Å². The van der Waals surface area contributed by atoms with Gasteiger partial charge in [-0.15, -0.1) is 0 Å². The molecular formula is C16H16FN3O. The van der Waals surface area contributed by atoms with E-state index in [0.29, 0.717) is 5.56 Å². The van der Waals surface area contributed by atoms with Gasteiger partial charge >= 0.3 is 0 Å². The molecule has 108 valence electrons. The van der Waals surface area contributed by atoms with Gasteiger partial charge in [0.05, 0.1) is 12.8 Å². The van der Waals surface area contributed by atoms with Gasteiger partial charge in [0.1, 0.15) is 5.82 Å². The Bertz CT molecular complexity index is 655. The molecule has 2 rings (SSSR count). The summed E-state index contributed by atoms with van der Waals surface area (Å²) in [7, 11) is 0. The van der Waals surface area contributed by atoms with E-state index in [0.717, 1.165) is 11.3 Å². The fraction of sp³-hybridized carbons (Fsp3) is 0.125. The van der Waals surface area contributed by atoms with E-state index in [9.17, 15) is 9.18 Å². The number of hydrogen-bond donors (Lipinski definition) is 2. The highest BCUT2D eigenvalue weighted by atomic mass is 19.1. The zero-order valence-electron chi connectivity index (χ0n) is 11.6. The first-order chi connectivity index (χ1) is 10.2. The number of benzene rings is 2. The minimum Gasteiger partial charge on any atom is -0.376 e. The van der Waals surface area contributed by atoms with Crippen LogP contribution in [-0.2, 0) is 4.79 Å². The average Bonchev–Trinajstić information content (AvgIpc) is 2.48. The Labute approximate surface area is 122 Å². The Balaban J connectivity index is 1.83. The molecule has 0 saturated heterocycles. The molecule has 0 bridgehead atoms. The molecule has 21 heavy (non-hydrogen) atoms. The normalized spacial score (nSPS) is 10.6. The van der Waals surface area contributed by atoms with Crippen molar-refractivity contribution in [3.63, 3.8) is 0 Å². The zero-order chi connectivity index (χ0) is 15.1. The summed E-state index contributed by atoms with van der Waals surface area (Å²) in [5.74, 6) is -0.681. The van der Waals surface area contributed by atoms with Crippen LogP contribution in [0.25, 0.3) is 0 Å². The summed E-state index contributed by atoms with van der Waals surface area (Å²) >= 11 is 0. The second kappa shape index (κ2) is 7.19. The number of nitrogens with one attached hydrogen (secondary N) is 2. The molecular weight excluding hydrogens is 269 g/mol. The number of amides is 1. The molecule has 1 amide bonds. The van der Waals surface area contributed by atoms with Gasteiger partial charge in [-0.1, -0.05) is 36.4 Å². The van der Waals surface area contributed by atoms with Crippen LogP contribution in [-0.4, -0.2) is 18.7 Å². The summed E-state index contributed by atoms with van der Waals surface area (Å²) in [6.07, 6.45) is 1.28. The minimum atomic E-state index is -0.381. The van der Waals surface area contributed by atoms with Gasteiger partial charge in [0.25, 0.3) is 5.91 Å². The highest BCUT2D eigenvalue weighted by molar-refractivity contribution is 5.84. The van der Waals surface area contributed by atoms with Crippen molar-refractivity contribution in [1.82, 2.24) is 5.43 Å². The van der Waals surface area contributed by atoms with E-state index in [2.05, 4.69) is 15.8 Å². The molecule has 0 aromatic heterocycles. The van der Waals surface area contributed by atoms with E-state index in [1.165, 1.54) is 12.3 Å². The molecule has 0 aliphatic carbocycles. The Morgan fingerprint density at radius 2 is 1.90 bits per heavy atom. The summed E-state index contributed by atoms with van der Waals surface area (Å²) in [5, 5.41) is 6.75. The van der Waals surface area contributed by atoms with Crippen LogP contribution in [0.1, 0.15) is 11.1 Å². The molecule has 2 aromatic rings. The molecule has 0 aliphatic heterocycles. The van der Waals surface area contributed by atoms with Crippen LogP contribution >= 0.6 is 0 Å². The van der Waals surface area contributed by atoms with E-state index in [1.807, 2.05) is 31.2 Å². The summed E-state index contributed by atoms with van der Waals surface area (Å²) in [4.78, 5) is 11.6. The van der Waals surface area contributed by atoms with Crippen LogP contribution < -0.4 is 10.7 Å². The molecule has 2 N–H and O–H groups in total. The first kappa shape index (κ1) is 14.7. The summed E-state index contributed by atoms with van der Waals surface area (Å²) in [6, 6.07) is 13.9. The number of nitrogens with zero attached hydrogens (tertiary/aromatic N) is 1. The molecule has 0 aliphatic rings. The maximum Gasteiger partial charge on any atom is 0.259 e. The molecule has 0 unspecified atom stereocenters. The fourth-order valence-corrected chi connectivity index (χ4v) is 1.74. The summed E-state index contributed by atoms with van der Waals surface area (Å²) in [5.41, 5.74) is 4.62. The maximum absolute atomic E-state index is 13.3. The number of carbonyl (C=O) groups excluding carboxylic acids is 1. The smallest absolute Gasteiger partial charge is 0.259 e. The SMILES string of the molecule is Cc1ccccc1NCC(=O)NN=Cc1ccccc1F. The van der Waals surface area contributed by atoms with Crippen molar-refractivity contribution in [2.75, 3.05) is 11.9 Å². The number of anilines is 1. The van der Waals surface area contributed by atoms with Gasteiger partial charge < -0.3 is 5.32 Å². The molecule has 4 nitrogen and oxygen atoms in total. The van der Waals surface area contributed by atoms with Crippen LogP contribution in [0, 0.1) is 12.7 Å². The lowest BCUT2D eigenvalue weighted by Crippen LogP contribution is -2.26. The Morgan fingerprint density at radius 1 is 1.19 bits per heavy atom.